The third-order valence-corrected chi connectivity index (χ3v) is 3.94. The lowest BCUT2D eigenvalue weighted by molar-refractivity contribution is 0.0694. The van der Waals surface area contributed by atoms with E-state index in [1.54, 1.807) is 6.07 Å². The molecule has 0 amide bonds. The molecule has 1 aliphatic carbocycles. The predicted molar refractivity (Wildman–Crippen MR) is 74.0 cm³/mol. The second-order valence-corrected chi connectivity index (χ2v) is 10.2. The molecule has 2 rings (SSSR count). The molecule has 1 aromatic carbocycles. The van der Waals surface area contributed by atoms with Crippen molar-refractivity contribution in [1.82, 2.24) is 0 Å². The highest BCUT2D eigenvalue weighted by molar-refractivity contribution is 6.70. The second kappa shape index (κ2) is 4.76. The van der Waals surface area contributed by atoms with Crippen LogP contribution in [0, 0.1) is 0 Å². The van der Waals surface area contributed by atoms with Crippen LogP contribution in [-0.2, 0) is 12.8 Å². The van der Waals surface area contributed by atoms with Crippen LogP contribution in [0.3, 0.4) is 0 Å². The van der Waals surface area contributed by atoms with Gasteiger partial charge in [0.2, 0.25) is 8.32 Å². The molecule has 18 heavy (non-hydrogen) atoms. The normalized spacial score (nSPS) is 15.1. The summed E-state index contributed by atoms with van der Waals surface area (Å²) in [7, 11) is -1.80. The van der Waals surface area contributed by atoms with E-state index in [4.69, 9.17) is 4.43 Å². The maximum atomic E-state index is 11.3. The molecule has 0 radical (unpaired) electrons. The van der Waals surface area contributed by atoms with Crippen molar-refractivity contribution in [1.29, 1.82) is 0 Å². The Morgan fingerprint density at radius 1 is 1.22 bits per heavy atom. The van der Waals surface area contributed by atoms with E-state index in [9.17, 15) is 9.90 Å². The van der Waals surface area contributed by atoms with E-state index >= 15 is 0 Å². The van der Waals surface area contributed by atoms with Gasteiger partial charge < -0.3 is 9.53 Å². The van der Waals surface area contributed by atoms with Crippen LogP contribution in [0.15, 0.2) is 12.1 Å². The Bertz CT molecular complexity index is 475. The van der Waals surface area contributed by atoms with Crippen LogP contribution in [0.25, 0.3) is 0 Å². The lowest BCUT2D eigenvalue weighted by Crippen LogP contribution is -2.31. The predicted octanol–water partition coefficient (Wildman–Crippen LogP) is 3.48. The minimum absolute atomic E-state index is 0.318. The van der Waals surface area contributed by atoms with Gasteiger partial charge in [-0.25, -0.2) is 4.79 Å². The Labute approximate surface area is 109 Å². The molecule has 0 fully saturated rings. The summed E-state index contributed by atoms with van der Waals surface area (Å²) >= 11 is 0. The fourth-order valence-electron chi connectivity index (χ4n) is 2.39. The van der Waals surface area contributed by atoms with Gasteiger partial charge in [0.1, 0.15) is 11.3 Å². The van der Waals surface area contributed by atoms with E-state index in [1.807, 2.05) is 6.07 Å². The molecule has 1 aliphatic rings. The van der Waals surface area contributed by atoms with Crippen molar-refractivity contribution in [2.45, 2.75) is 45.3 Å². The molecule has 0 spiro atoms. The first kappa shape index (κ1) is 13.1. The average Bonchev–Trinajstić information content (AvgIpc) is 2.27. The molecule has 0 aromatic heterocycles. The molecular formula is C14H20O3Si. The maximum absolute atomic E-state index is 11.3. The number of hydrogen-bond donors (Lipinski definition) is 1. The van der Waals surface area contributed by atoms with Crippen molar-refractivity contribution in [3.05, 3.63) is 28.8 Å². The van der Waals surface area contributed by atoms with Crippen molar-refractivity contribution in [2.24, 2.45) is 0 Å². The van der Waals surface area contributed by atoms with Gasteiger partial charge >= 0.3 is 5.97 Å². The van der Waals surface area contributed by atoms with Gasteiger partial charge in [-0.1, -0.05) is 6.07 Å². The van der Waals surface area contributed by atoms with E-state index in [0.29, 0.717) is 11.3 Å². The van der Waals surface area contributed by atoms with Crippen molar-refractivity contribution >= 4 is 14.3 Å². The van der Waals surface area contributed by atoms with Gasteiger partial charge in [0.15, 0.2) is 0 Å². The molecule has 1 aromatic rings. The third kappa shape index (κ3) is 2.75. The Hall–Kier alpha value is -1.29. The molecule has 0 atom stereocenters. The SMILES string of the molecule is C[Si](C)(C)Oc1c(C(=O)O)ccc2c1CCCC2. The molecule has 0 unspecified atom stereocenters. The highest BCUT2D eigenvalue weighted by Gasteiger charge is 2.25. The summed E-state index contributed by atoms with van der Waals surface area (Å²) in [6.07, 6.45) is 4.29. The first-order chi connectivity index (χ1) is 8.38. The summed E-state index contributed by atoms with van der Waals surface area (Å²) in [6, 6.07) is 3.65. The maximum Gasteiger partial charge on any atom is 0.339 e. The van der Waals surface area contributed by atoms with E-state index in [2.05, 4.69) is 19.6 Å². The number of carboxylic acid groups (broad SMARTS) is 1. The fourth-order valence-corrected chi connectivity index (χ4v) is 3.23. The minimum atomic E-state index is -1.80. The number of rotatable bonds is 3. The van der Waals surface area contributed by atoms with E-state index < -0.39 is 14.3 Å². The topological polar surface area (TPSA) is 46.5 Å². The molecule has 0 aliphatic heterocycles. The quantitative estimate of drug-likeness (QED) is 0.850. The number of aryl methyl sites for hydroxylation is 1. The van der Waals surface area contributed by atoms with Crippen molar-refractivity contribution in [2.75, 3.05) is 0 Å². The van der Waals surface area contributed by atoms with Gasteiger partial charge in [-0.05, 0) is 62.5 Å². The van der Waals surface area contributed by atoms with Crippen LogP contribution in [-0.4, -0.2) is 19.4 Å². The van der Waals surface area contributed by atoms with Gasteiger partial charge in [0, 0.05) is 0 Å². The van der Waals surface area contributed by atoms with Gasteiger partial charge in [-0.3, -0.25) is 0 Å². The van der Waals surface area contributed by atoms with Gasteiger partial charge in [-0.2, -0.15) is 0 Å². The van der Waals surface area contributed by atoms with Gasteiger partial charge in [0.05, 0.1) is 0 Å². The summed E-state index contributed by atoms with van der Waals surface area (Å²) in [5, 5.41) is 9.30. The summed E-state index contributed by atoms with van der Waals surface area (Å²) in [4.78, 5) is 11.3. The zero-order valence-electron chi connectivity index (χ0n) is 11.2. The van der Waals surface area contributed by atoms with Crippen LogP contribution in [0.2, 0.25) is 19.6 Å². The number of aromatic carboxylic acids is 1. The Kier molecular flexibility index (Phi) is 3.48. The highest BCUT2D eigenvalue weighted by Crippen LogP contribution is 2.34. The number of fused-ring (bicyclic) bond motifs is 1. The van der Waals surface area contributed by atoms with Crippen LogP contribution in [0.4, 0.5) is 0 Å². The molecule has 98 valence electrons. The largest absolute Gasteiger partial charge is 0.544 e. The van der Waals surface area contributed by atoms with Crippen molar-refractivity contribution < 1.29 is 14.3 Å². The standard InChI is InChI=1S/C14H20O3Si/c1-18(2,3)17-13-11-7-5-4-6-10(11)8-9-12(13)14(15)16/h8-9H,4-7H2,1-3H3,(H,15,16). The van der Waals surface area contributed by atoms with Crippen LogP contribution >= 0.6 is 0 Å². The van der Waals surface area contributed by atoms with E-state index in [-0.39, 0.29) is 0 Å². The monoisotopic (exact) mass is 264 g/mol. The second-order valence-electron chi connectivity index (χ2n) is 5.81. The fraction of sp³-hybridized carbons (Fsp3) is 0.500. The number of carbonyl (C=O) groups is 1. The Morgan fingerprint density at radius 3 is 2.50 bits per heavy atom. The smallest absolute Gasteiger partial charge is 0.339 e. The summed E-state index contributed by atoms with van der Waals surface area (Å²) in [5.74, 6) is -0.254. The van der Waals surface area contributed by atoms with Crippen LogP contribution in [0.1, 0.15) is 34.3 Å². The summed E-state index contributed by atoms with van der Waals surface area (Å²) < 4.78 is 6.05. The Morgan fingerprint density at radius 2 is 1.89 bits per heavy atom. The van der Waals surface area contributed by atoms with Crippen molar-refractivity contribution in [3.8, 4) is 5.75 Å². The minimum Gasteiger partial charge on any atom is -0.544 e. The zero-order chi connectivity index (χ0) is 13.3. The molecule has 4 heteroatoms. The Balaban J connectivity index is 2.53. The third-order valence-electron chi connectivity index (χ3n) is 3.12. The van der Waals surface area contributed by atoms with Gasteiger partial charge in [-0.15, -0.1) is 0 Å². The molecule has 0 bridgehead atoms. The molecule has 3 nitrogen and oxygen atoms in total. The first-order valence-corrected chi connectivity index (χ1v) is 9.86. The lowest BCUT2D eigenvalue weighted by Gasteiger charge is -2.26. The van der Waals surface area contributed by atoms with Gasteiger partial charge in [0.25, 0.3) is 0 Å². The van der Waals surface area contributed by atoms with Crippen LogP contribution in [0.5, 0.6) is 5.75 Å². The lowest BCUT2D eigenvalue weighted by atomic mass is 9.89. The zero-order valence-corrected chi connectivity index (χ0v) is 12.2. The van der Waals surface area contributed by atoms with Crippen molar-refractivity contribution in [3.63, 3.8) is 0 Å². The summed E-state index contributed by atoms with van der Waals surface area (Å²) in [6.45, 7) is 6.25. The van der Waals surface area contributed by atoms with E-state index in [0.717, 1.165) is 24.8 Å². The molecule has 0 saturated heterocycles. The highest BCUT2D eigenvalue weighted by atomic mass is 28.4. The molecular weight excluding hydrogens is 244 g/mol. The number of carboxylic acids is 1. The summed E-state index contributed by atoms with van der Waals surface area (Å²) in [5.41, 5.74) is 2.71. The molecule has 0 saturated carbocycles. The molecule has 1 N–H and O–H groups in total. The number of hydrogen-bond acceptors (Lipinski definition) is 2. The number of benzene rings is 1. The van der Waals surface area contributed by atoms with Crippen LogP contribution < -0.4 is 4.43 Å². The van der Waals surface area contributed by atoms with E-state index in [1.165, 1.54) is 12.0 Å². The first-order valence-electron chi connectivity index (χ1n) is 6.45. The molecule has 0 heterocycles. The average molecular weight is 264 g/mol.